The molecule has 1 unspecified atom stereocenters. The van der Waals surface area contributed by atoms with Gasteiger partial charge < -0.3 is 264 Å². The number of carbonyl (C=O) groups is 4. The van der Waals surface area contributed by atoms with Gasteiger partial charge in [-0.1, -0.05) is 0 Å². The van der Waals surface area contributed by atoms with E-state index in [1.165, 1.54) is 13.8 Å². The molecule has 11 saturated heterocycles. The molecule has 130 heavy (non-hydrogen) atoms. The third-order valence-electron chi connectivity index (χ3n) is 24.1. The van der Waals surface area contributed by atoms with Crippen LogP contribution in [0.2, 0.25) is 0 Å². The molecule has 11 heterocycles. The zero-order valence-corrected chi connectivity index (χ0v) is 70.3. The summed E-state index contributed by atoms with van der Waals surface area (Å²) in [6.45, 7) is -4.38. The normalized spacial score (nSPS) is 50.4. The van der Waals surface area contributed by atoms with E-state index in [9.17, 15) is 162 Å². The number of carbonyl (C=O) groups excluding carboxylic acids is 4. The Bertz CT molecular complexity index is 3560. The van der Waals surface area contributed by atoms with Crippen molar-refractivity contribution in [2.45, 2.75) is 373 Å². The minimum atomic E-state index is -2.65. The van der Waals surface area contributed by atoms with Gasteiger partial charge in [0, 0.05) is 27.7 Å². The molecule has 0 aliphatic carbocycles. The van der Waals surface area contributed by atoms with Crippen LogP contribution in [0.1, 0.15) is 41.5 Å². The zero-order chi connectivity index (χ0) is 95.5. The minimum absolute atomic E-state index is 0.880. The molecule has 0 saturated carbocycles. The van der Waals surface area contributed by atoms with Crippen LogP contribution in [0.15, 0.2) is 0 Å². The molecular weight excluding hydrogens is 1780 g/mol. The van der Waals surface area contributed by atoms with E-state index >= 15 is 0 Å². The van der Waals surface area contributed by atoms with Gasteiger partial charge in [-0.3, -0.25) is 19.2 Å². The third kappa shape index (κ3) is 23.2. The van der Waals surface area contributed by atoms with E-state index in [0.29, 0.717) is 0 Å². The van der Waals surface area contributed by atoms with Gasteiger partial charge in [-0.15, -0.1) is 0 Å². The zero-order valence-electron chi connectivity index (χ0n) is 70.3. The Morgan fingerprint density at radius 1 is 0.246 bits per heavy atom. The van der Waals surface area contributed by atoms with Crippen molar-refractivity contribution in [2.75, 3.05) is 59.5 Å². The predicted molar refractivity (Wildman–Crippen MR) is 400 cm³/mol. The van der Waals surface area contributed by atoms with Crippen LogP contribution in [0.25, 0.3) is 0 Å². The van der Waals surface area contributed by atoms with Crippen molar-refractivity contribution in [3.8, 4) is 0 Å². The lowest BCUT2D eigenvalue weighted by Gasteiger charge is -2.53. The minimum Gasteiger partial charge on any atom is -0.394 e. The van der Waals surface area contributed by atoms with Gasteiger partial charge in [-0.05, 0) is 13.8 Å². The Morgan fingerprint density at radius 2 is 0.554 bits per heavy atom. The molecule has 57 heteroatoms. The van der Waals surface area contributed by atoms with Crippen LogP contribution in [0.4, 0.5) is 0 Å². The topological polar surface area (TPSA) is 877 Å². The molecule has 0 aromatic carbocycles. The summed E-state index contributed by atoms with van der Waals surface area (Å²) in [5.41, 5.74) is 0. The van der Waals surface area contributed by atoms with Crippen LogP contribution < -0.4 is 21.3 Å². The first kappa shape index (κ1) is 106. The summed E-state index contributed by atoms with van der Waals surface area (Å²) in [6, 6.07) is -7.91. The van der Waals surface area contributed by atoms with E-state index in [1.807, 2.05) is 0 Å². The summed E-state index contributed by atoms with van der Waals surface area (Å²) in [6.07, 6.45) is -108. The average Bonchev–Trinajstić information content (AvgIpc) is 0.753. The highest BCUT2D eigenvalue weighted by atomic mass is 16.8. The molecule has 57 nitrogen and oxygen atoms in total. The molecular formula is C73H122N4O53. The van der Waals surface area contributed by atoms with Crippen molar-refractivity contribution in [3.05, 3.63) is 0 Å². The van der Waals surface area contributed by atoms with Crippen LogP contribution >= 0.6 is 0 Å². The molecule has 11 rings (SSSR count). The quantitative estimate of drug-likeness (QED) is 0.0297. The smallest absolute Gasteiger partial charge is 0.217 e. The lowest BCUT2D eigenvalue weighted by molar-refractivity contribution is -0.414. The summed E-state index contributed by atoms with van der Waals surface area (Å²) in [4.78, 5) is 52.8. The van der Waals surface area contributed by atoms with Gasteiger partial charge in [0.25, 0.3) is 0 Å². The summed E-state index contributed by atoms with van der Waals surface area (Å²) in [7, 11) is 0. The summed E-state index contributed by atoms with van der Waals surface area (Å²) < 4.78 is 129. The van der Waals surface area contributed by atoms with Crippen LogP contribution in [0.3, 0.4) is 0 Å². The molecule has 0 spiro atoms. The number of hydrogen-bond donors (Lipinski definition) is 32. The van der Waals surface area contributed by atoms with Crippen LogP contribution in [0.5, 0.6) is 0 Å². The Hall–Kier alpha value is -4.08. The van der Waals surface area contributed by atoms with Gasteiger partial charge in [-0.25, -0.2) is 0 Å². The van der Waals surface area contributed by atoms with Crippen molar-refractivity contribution in [3.63, 3.8) is 0 Å². The highest BCUT2D eigenvalue weighted by Crippen LogP contribution is 2.43. The second kappa shape index (κ2) is 46.1. The number of rotatable bonds is 32. The van der Waals surface area contributed by atoms with E-state index in [0.717, 1.165) is 27.7 Å². The number of hydrogen-bond acceptors (Lipinski definition) is 53. The molecule has 0 bridgehead atoms. The molecule has 0 aromatic rings. The first-order chi connectivity index (χ1) is 61.5. The largest absolute Gasteiger partial charge is 0.394 e. The highest BCUT2D eigenvalue weighted by Gasteiger charge is 2.64. The molecule has 752 valence electrons. The highest BCUT2D eigenvalue weighted by molar-refractivity contribution is 5.74. The van der Waals surface area contributed by atoms with Crippen molar-refractivity contribution >= 4 is 23.6 Å². The summed E-state index contributed by atoms with van der Waals surface area (Å²) in [5.74, 6) is -3.90. The molecule has 0 aromatic heterocycles. The lowest BCUT2D eigenvalue weighted by Crippen LogP contribution is -2.72. The molecule has 4 amide bonds. The SMILES string of the molecule is CC(=O)N[C@H]1[C@H](O[C@H]2[C@H](O[C@@H]3O[C@@H](C)[C@@H](O)[C@@H](O)[C@@H]3O)[C@@H](NC(C)=O)C(O)O[C@@H]2CO)O[C@H](CO)[C@@H](O[C@@H]2O[C@H](CO[C@H]3O[C@H](CO)[C@@H](O)[C@H](O)[C@@H]3O[C@@H]3O[C@H](CO)[C@@H](O)[C@H](O)[C@H]3NC(C)=O)[C@@H](O)[C@H](O[C@H]3O[C@H](CO)[C@@H](O)[C@H](O)[C@@H]3O[C@@H]3O[C@H](CO)[C@@H](O[C@@H]4O[C@@H](C)[C@@H](O)[C@@H](O)[C@@H]4O)[C@H](O[C@H]4O[C@H](CO)[C@H](O)[C@H](O)[C@H]4O)[C@H]3NC(C)=O)[C@@H]2O[C@@H]2OC[C@@H](O)[C@H](O)[C@H]2O)[C@@H]1O. The Kier molecular flexibility index (Phi) is 37.7. The average molecular weight is 1900 g/mol. The predicted octanol–water partition coefficient (Wildman–Crippen LogP) is -21.7. The van der Waals surface area contributed by atoms with Gasteiger partial charge in [0.05, 0.1) is 71.7 Å². The van der Waals surface area contributed by atoms with E-state index in [2.05, 4.69) is 21.3 Å². The van der Waals surface area contributed by atoms with Crippen molar-refractivity contribution < 1.29 is 262 Å². The standard InChI is InChI=1S/C73H122N4O53/c1-16-35(90)45(100)51(106)68(112-16)124-56-29(13-84)120-66(34(77-21(6)88)58(56)126-70-53(108)47(102)39(94)24(8-79)116-70)129-61-49(104)41(96)26(10-81)118-72(61)127-59-42(97)30(15-111-71-60(48(103)40(95)25(9-80)117-71)128-64-31(74-18(3)85)43(98)38(93)23(7-78)115-64)121-73(62(59)130-67-50(105)37(92)22(89)14-110-67)122-54-27(11-82)119-65(32(44(54)99)75-19(4)86)123-55-28(12-83)114-63(109)33(76-20(5)87)57(55)125-69-52(107)46(101)36(91)17(2)113-69/h16-17,22-73,78-84,89-109H,7-15H2,1-6H3,(H,74,85)(H,75,86)(H,76,87)(H,77,88)/t16-,17-,22+,23+,24+,25+,26+,27+,28+,29+,30+,31+,32+,33+,34+,35+,36+,37-,38+,39-,40+,41+,42+,43+,44+,45+,46+,47-,48-,49-,50+,51-,52-,53+,54+,55+,56+,57+,58+,59-,60-,61-,62-,63?,64-,65-,66-,67-,68-,69-,70+,71-,72+,73-/m0/s1. The van der Waals surface area contributed by atoms with Gasteiger partial charge in [0.15, 0.2) is 69.2 Å². The fraction of sp³-hybridized carbons (Fsp3) is 0.945. The second-order valence-corrected chi connectivity index (χ2v) is 33.3. The monoisotopic (exact) mass is 1900 g/mol. The van der Waals surface area contributed by atoms with Crippen molar-refractivity contribution in [2.24, 2.45) is 0 Å². The van der Waals surface area contributed by atoms with Crippen molar-refractivity contribution in [1.29, 1.82) is 0 Å². The number of aliphatic hydroxyl groups is 28. The molecule has 0 radical (unpaired) electrons. The van der Waals surface area contributed by atoms with E-state index < -0.39 is 415 Å². The maximum Gasteiger partial charge on any atom is 0.217 e. The van der Waals surface area contributed by atoms with E-state index in [4.69, 9.17) is 99.5 Å². The Morgan fingerprint density at radius 3 is 1.04 bits per heavy atom. The molecule has 11 fully saturated rings. The molecule has 11 aliphatic rings. The third-order valence-corrected chi connectivity index (χ3v) is 24.1. The van der Waals surface area contributed by atoms with Gasteiger partial charge in [0.1, 0.15) is 250 Å². The summed E-state index contributed by atoms with van der Waals surface area (Å²) >= 11 is 0. The first-order valence-electron chi connectivity index (χ1n) is 41.8. The Labute approximate surface area is 736 Å². The van der Waals surface area contributed by atoms with Crippen LogP contribution in [-0.4, -0.2) is 557 Å². The number of ether oxygens (including phenoxy) is 21. The summed E-state index contributed by atoms with van der Waals surface area (Å²) in [5, 5.41) is 326. The first-order valence-corrected chi connectivity index (χ1v) is 41.8. The lowest BCUT2D eigenvalue weighted by atomic mass is 9.93. The van der Waals surface area contributed by atoms with Gasteiger partial charge in [0.2, 0.25) is 23.6 Å². The van der Waals surface area contributed by atoms with Gasteiger partial charge >= 0.3 is 0 Å². The van der Waals surface area contributed by atoms with Crippen molar-refractivity contribution in [1.82, 2.24) is 21.3 Å². The second-order valence-electron chi connectivity index (χ2n) is 33.3. The molecule has 54 atom stereocenters. The number of aliphatic hydroxyl groups excluding tert-OH is 28. The fourth-order valence-corrected chi connectivity index (χ4v) is 17.0. The number of amides is 4. The molecule has 11 aliphatic heterocycles. The Balaban J connectivity index is 1.02. The van der Waals surface area contributed by atoms with Crippen LogP contribution in [-0.2, 0) is 119 Å². The van der Waals surface area contributed by atoms with Crippen LogP contribution in [0, 0.1) is 0 Å². The maximum atomic E-state index is 13.7. The fourth-order valence-electron chi connectivity index (χ4n) is 17.0. The van der Waals surface area contributed by atoms with E-state index in [1.54, 1.807) is 0 Å². The van der Waals surface area contributed by atoms with Gasteiger partial charge in [-0.2, -0.15) is 0 Å². The van der Waals surface area contributed by atoms with E-state index in [-0.39, 0.29) is 0 Å². The molecule has 32 N–H and O–H groups in total. The maximum absolute atomic E-state index is 13.7. The number of nitrogens with one attached hydrogen (secondary N) is 4.